The van der Waals surface area contributed by atoms with Crippen molar-refractivity contribution in [3.63, 3.8) is 0 Å². The Balaban J connectivity index is 1.61. The van der Waals surface area contributed by atoms with Gasteiger partial charge in [0, 0.05) is 31.2 Å². The van der Waals surface area contributed by atoms with E-state index in [4.69, 9.17) is 12.2 Å². The van der Waals surface area contributed by atoms with Crippen LogP contribution in [0.15, 0.2) is 42.9 Å². The van der Waals surface area contributed by atoms with Crippen molar-refractivity contribution in [1.29, 1.82) is 0 Å². The molecule has 2 aromatic rings. The summed E-state index contributed by atoms with van der Waals surface area (Å²) in [6.45, 7) is 2.01. The Morgan fingerprint density at radius 1 is 1.21 bits per heavy atom. The quantitative estimate of drug-likeness (QED) is 0.717. The molecule has 2 fully saturated rings. The Bertz CT molecular complexity index is 781. The van der Waals surface area contributed by atoms with Crippen LogP contribution in [0.3, 0.4) is 0 Å². The second kappa shape index (κ2) is 8.62. The molecule has 1 aliphatic heterocycles. The lowest BCUT2D eigenvalue weighted by atomic mass is 9.99. The number of nitrogens with zero attached hydrogens (tertiary/aromatic N) is 4. The van der Waals surface area contributed by atoms with Gasteiger partial charge < -0.3 is 19.7 Å². The van der Waals surface area contributed by atoms with E-state index in [2.05, 4.69) is 69.4 Å². The molecule has 6 heteroatoms. The summed E-state index contributed by atoms with van der Waals surface area (Å²) in [6, 6.07) is 9.35. The molecule has 150 valence electrons. The van der Waals surface area contributed by atoms with Crippen molar-refractivity contribution in [3.8, 4) is 0 Å². The average Bonchev–Trinajstić information content (AvgIpc) is 3.42. The first-order valence-electron chi connectivity index (χ1n) is 10.4. The number of nitrogens with one attached hydrogen (secondary N) is 1. The molecule has 4 rings (SSSR count). The Kier molecular flexibility index (Phi) is 5.97. The Morgan fingerprint density at radius 3 is 2.75 bits per heavy atom. The van der Waals surface area contributed by atoms with Crippen LogP contribution in [-0.4, -0.2) is 51.6 Å². The van der Waals surface area contributed by atoms with Crippen molar-refractivity contribution in [2.24, 2.45) is 0 Å². The molecule has 0 aromatic carbocycles. The molecule has 28 heavy (non-hydrogen) atoms. The van der Waals surface area contributed by atoms with E-state index in [1.165, 1.54) is 31.2 Å². The number of aromatic nitrogens is 2. The normalized spacial score (nSPS) is 23.0. The van der Waals surface area contributed by atoms with Gasteiger partial charge in [0.05, 0.1) is 17.8 Å². The average molecular weight is 398 g/mol. The summed E-state index contributed by atoms with van der Waals surface area (Å²) in [4.78, 5) is 9.23. The van der Waals surface area contributed by atoms with Crippen LogP contribution in [0.25, 0.3) is 0 Å². The van der Waals surface area contributed by atoms with Gasteiger partial charge in [-0.15, -0.1) is 0 Å². The number of thiocarbonyl (C=S) groups is 1. The molecular weight excluding hydrogens is 366 g/mol. The van der Waals surface area contributed by atoms with Crippen molar-refractivity contribution in [1.82, 2.24) is 24.7 Å². The Morgan fingerprint density at radius 2 is 2.04 bits per heavy atom. The van der Waals surface area contributed by atoms with Crippen LogP contribution in [0, 0.1) is 0 Å². The number of hydrogen-bond acceptors (Lipinski definition) is 3. The minimum absolute atomic E-state index is 0.0903. The summed E-state index contributed by atoms with van der Waals surface area (Å²) in [5.74, 6) is 0. The van der Waals surface area contributed by atoms with Gasteiger partial charge in [-0.1, -0.05) is 18.9 Å². The molecule has 5 nitrogen and oxygen atoms in total. The summed E-state index contributed by atoms with van der Waals surface area (Å²) in [5.41, 5.74) is 2.39. The fraction of sp³-hybridized carbons (Fsp3) is 0.545. The highest BCUT2D eigenvalue weighted by Gasteiger charge is 2.40. The van der Waals surface area contributed by atoms with Gasteiger partial charge in [0.15, 0.2) is 5.11 Å². The van der Waals surface area contributed by atoms with Crippen LogP contribution in [0.5, 0.6) is 0 Å². The topological polar surface area (TPSA) is 36.3 Å². The highest BCUT2D eigenvalue weighted by molar-refractivity contribution is 7.80. The van der Waals surface area contributed by atoms with E-state index >= 15 is 0 Å². The van der Waals surface area contributed by atoms with Gasteiger partial charge in [-0.2, -0.15) is 0 Å². The smallest absolute Gasteiger partial charge is 0.170 e. The molecule has 0 bridgehead atoms. The lowest BCUT2D eigenvalue weighted by molar-refractivity contribution is 0.292. The van der Waals surface area contributed by atoms with Gasteiger partial charge in [-0.25, -0.2) is 0 Å². The van der Waals surface area contributed by atoms with E-state index in [-0.39, 0.29) is 12.1 Å². The van der Waals surface area contributed by atoms with Gasteiger partial charge in [-0.3, -0.25) is 4.98 Å². The van der Waals surface area contributed by atoms with Crippen LogP contribution in [0.4, 0.5) is 0 Å². The van der Waals surface area contributed by atoms with Crippen LogP contribution in [0.2, 0.25) is 0 Å². The molecule has 3 heterocycles. The van der Waals surface area contributed by atoms with Gasteiger partial charge >= 0.3 is 0 Å². The first kappa shape index (κ1) is 19.4. The first-order valence-corrected chi connectivity index (χ1v) is 10.8. The lowest BCUT2D eigenvalue weighted by Crippen LogP contribution is -2.32. The summed E-state index contributed by atoms with van der Waals surface area (Å²) in [6.07, 6.45) is 12.9. The van der Waals surface area contributed by atoms with Gasteiger partial charge in [0.2, 0.25) is 0 Å². The summed E-state index contributed by atoms with van der Waals surface area (Å²) < 4.78 is 2.43. The van der Waals surface area contributed by atoms with Crippen LogP contribution in [-0.2, 0) is 0 Å². The summed E-state index contributed by atoms with van der Waals surface area (Å²) >= 11 is 5.75. The lowest BCUT2D eigenvalue weighted by Gasteiger charge is -2.27. The maximum Gasteiger partial charge on any atom is 0.170 e. The second-order valence-corrected chi connectivity index (χ2v) is 8.69. The minimum atomic E-state index is 0.0903. The zero-order chi connectivity index (χ0) is 19.5. The third-order valence-corrected chi connectivity index (χ3v) is 6.38. The maximum absolute atomic E-state index is 5.75. The summed E-state index contributed by atoms with van der Waals surface area (Å²) in [7, 11) is 4.24. The van der Waals surface area contributed by atoms with Crippen molar-refractivity contribution >= 4 is 17.3 Å². The van der Waals surface area contributed by atoms with Gasteiger partial charge in [0.25, 0.3) is 0 Å². The molecule has 0 spiro atoms. The predicted molar refractivity (Wildman–Crippen MR) is 117 cm³/mol. The van der Waals surface area contributed by atoms with E-state index in [1.807, 2.05) is 12.3 Å². The monoisotopic (exact) mass is 397 g/mol. The number of rotatable bonds is 7. The Hall–Kier alpha value is -1.92. The zero-order valence-electron chi connectivity index (χ0n) is 16.9. The molecule has 2 aromatic heterocycles. The molecule has 1 N–H and O–H groups in total. The third-order valence-electron chi connectivity index (χ3n) is 6.03. The van der Waals surface area contributed by atoms with Crippen molar-refractivity contribution in [3.05, 3.63) is 54.1 Å². The van der Waals surface area contributed by atoms with E-state index < -0.39 is 0 Å². The zero-order valence-corrected chi connectivity index (χ0v) is 17.7. The number of pyridine rings is 1. The molecule has 0 amide bonds. The molecule has 1 saturated heterocycles. The third kappa shape index (κ3) is 4.08. The molecule has 2 atom stereocenters. The fourth-order valence-electron chi connectivity index (χ4n) is 4.60. The van der Waals surface area contributed by atoms with E-state index in [9.17, 15) is 0 Å². The van der Waals surface area contributed by atoms with Crippen LogP contribution in [0.1, 0.15) is 61.5 Å². The predicted octanol–water partition coefficient (Wildman–Crippen LogP) is 3.92. The van der Waals surface area contributed by atoms with Gasteiger partial charge in [0.1, 0.15) is 0 Å². The first-order chi connectivity index (χ1) is 13.6. The van der Waals surface area contributed by atoms with Crippen molar-refractivity contribution in [2.75, 3.05) is 27.2 Å². The van der Waals surface area contributed by atoms with E-state index in [0.717, 1.165) is 30.3 Å². The maximum atomic E-state index is 5.75. The SMILES string of the molecule is CN(C)CCCN1C(=S)N[C@@H](c2ccccn2)[C@@H]1c1ccn(C2CCCC2)c1. The van der Waals surface area contributed by atoms with Crippen molar-refractivity contribution < 1.29 is 0 Å². The largest absolute Gasteiger partial charge is 0.352 e. The standard InChI is InChI=1S/C22H31N5S/c1-25(2)13-7-14-27-21(17-11-15-26(16-17)18-8-3-4-9-18)20(24-22(27)28)19-10-5-6-12-23-19/h5-6,10-12,15-16,18,20-21H,3-4,7-9,13-14H2,1-2H3,(H,24,28)/t20-,21-/m0/s1. The minimum Gasteiger partial charge on any atom is -0.352 e. The fourth-order valence-corrected chi connectivity index (χ4v) is 4.93. The molecule has 0 radical (unpaired) electrons. The number of hydrogen-bond donors (Lipinski definition) is 1. The molecule has 2 aliphatic rings. The highest BCUT2D eigenvalue weighted by Crippen LogP contribution is 2.40. The van der Waals surface area contributed by atoms with E-state index in [1.54, 1.807) is 0 Å². The molecule has 1 aliphatic carbocycles. The Labute approximate surface area is 173 Å². The molecule has 1 saturated carbocycles. The van der Waals surface area contributed by atoms with Crippen LogP contribution >= 0.6 is 12.2 Å². The second-order valence-electron chi connectivity index (χ2n) is 8.31. The van der Waals surface area contributed by atoms with Crippen LogP contribution < -0.4 is 5.32 Å². The summed E-state index contributed by atoms with van der Waals surface area (Å²) in [5, 5.41) is 4.40. The molecule has 0 unspecified atom stereocenters. The molecular formula is C22H31N5S. The highest BCUT2D eigenvalue weighted by atomic mass is 32.1. The van der Waals surface area contributed by atoms with Gasteiger partial charge in [-0.05, 0) is 75.9 Å². The van der Waals surface area contributed by atoms with E-state index in [0.29, 0.717) is 6.04 Å². The van der Waals surface area contributed by atoms with Crippen molar-refractivity contribution in [2.45, 2.75) is 50.2 Å².